The van der Waals surface area contributed by atoms with E-state index in [4.69, 9.17) is 16.0 Å². The van der Waals surface area contributed by atoms with Crippen LogP contribution in [0.15, 0.2) is 35.1 Å². The van der Waals surface area contributed by atoms with E-state index in [1.54, 1.807) is 18.5 Å². The van der Waals surface area contributed by atoms with E-state index < -0.39 is 0 Å². The topological polar surface area (TPSA) is 60.0 Å². The van der Waals surface area contributed by atoms with Crippen LogP contribution >= 0.6 is 11.6 Å². The van der Waals surface area contributed by atoms with E-state index in [1.165, 1.54) is 0 Å². The normalized spacial score (nSPS) is 10.9. The zero-order chi connectivity index (χ0) is 15.7. The van der Waals surface area contributed by atoms with E-state index >= 15 is 0 Å². The number of anilines is 1. The van der Waals surface area contributed by atoms with Crippen molar-refractivity contribution in [3.8, 4) is 11.4 Å². The molecule has 0 spiro atoms. The predicted octanol–water partition coefficient (Wildman–Crippen LogP) is 3.07. The van der Waals surface area contributed by atoms with Gasteiger partial charge in [-0.3, -0.25) is 4.57 Å². The summed E-state index contributed by atoms with van der Waals surface area (Å²) in [4.78, 5) is 6.11. The number of halogens is 1. The number of rotatable bonds is 4. The molecule has 0 saturated carbocycles. The van der Waals surface area contributed by atoms with Gasteiger partial charge in [-0.25, -0.2) is 4.98 Å². The third kappa shape index (κ3) is 2.69. The summed E-state index contributed by atoms with van der Waals surface area (Å²) in [5, 5.41) is 8.98. The number of nitrogens with zero attached hydrogens (tertiary/aromatic N) is 5. The van der Waals surface area contributed by atoms with Gasteiger partial charge in [0.2, 0.25) is 5.95 Å². The van der Waals surface area contributed by atoms with E-state index in [0.29, 0.717) is 11.7 Å². The van der Waals surface area contributed by atoms with Gasteiger partial charge in [0.15, 0.2) is 5.82 Å². The minimum absolute atomic E-state index is 0.457. The first-order valence-corrected chi connectivity index (χ1v) is 7.19. The lowest BCUT2D eigenvalue weighted by atomic mass is 10.2. The monoisotopic (exact) mass is 317 g/mol. The van der Waals surface area contributed by atoms with Crippen LogP contribution in [0, 0.1) is 6.92 Å². The van der Waals surface area contributed by atoms with Gasteiger partial charge < -0.3 is 9.32 Å². The highest BCUT2D eigenvalue weighted by atomic mass is 35.5. The number of hydrogen-bond acceptors (Lipinski definition) is 5. The molecule has 0 N–H and O–H groups in total. The Morgan fingerprint density at radius 3 is 2.73 bits per heavy atom. The first-order valence-electron chi connectivity index (χ1n) is 6.81. The van der Waals surface area contributed by atoms with E-state index in [2.05, 4.69) is 15.2 Å². The second-order valence-corrected chi connectivity index (χ2v) is 5.50. The lowest BCUT2D eigenvalue weighted by Crippen LogP contribution is -2.20. The lowest BCUT2D eigenvalue weighted by molar-refractivity contribution is 0.529. The van der Waals surface area contributed by atoms with Crippen molar-refractivity contribution < 1.29 is 4.42 Å². The van der Waals surface area contributed by atoms with E-state index in [1.807, 2.05) is 42.6 Å². The minimum Gasteiger partial charge on any atom is -0.469 e. The quantitative estimate of drug-likeness (QED) is 0.692. The van der Waals surface area contributed by atoms with E-state index in [-0.39, 0.29) is 0 Å². The smallest absolute Gasteiger partial charge is 0.227 e. The second-order valence-electron chi connectivity index (χ2n) is 5.11. The molecule has 0 amide bonds. The highest BCUT2D eigenvalue weighted by Crippen LogP contribution is 2.22. The molecule has 114 valence electrons. The average molecular weight is 318 g/mol. The summed E-state index contributed by atoms with van der Waals surface area (Å²) in [6, 6.07) is 5.58. The predicted molar refractivity (Wildman–Crippen MR) is 84.8 cm³/mol. The molecule has 3 aromatic heterocycles. The Bertz CT molecular complexity index is 778. The van der Waals surface area contributed by atoms with Crippen LogP contribution < -0.4 is 4.90 Å². The SMILES string of the molecule is Cc1occc1CN(C)c1nnc(-c2ccc(Cl)nc2)n1C. The van der Waals surface area contributed by atoms with E-state index in [0.717, 1.165) is 28.7 Å². The maximum atomic E-state index is 5.82. The largest absolute Gasteiger partial charge is 0.469 e. The van der Waals surface area contributed by atoms with Crippen molar-refractivity contribution in [3.05, 3.63) is 47.1 Å². The molecular weight excluding hydrogens is 302 g/mol. The number of hydrogen-bond donors (Lipinski definition) is 0. The zero-order valence-electron chi connectivity index (χ0n) is 12.6. The average Bonchev–Trinajstić information content (AvgIpc) is 3.07. The molecule has 0 bridgehead atoms. The van der Waals surface area contributed by atoms with Gasteiger partial charge in [-0.2, -0.15) is 0 Å². The van der Waals surface area contributed by atoms with Crippen LogP contribution in [0.25, 0.3) is 11.4 Å². The third-order valence-corrected chi connectivity index (χ3v) is 3.78. The van der Waals surface area contributed by atoms with Crippen LogP contribution in [0.5, 0.6) is 0 Å². The molecule has 0 saturated heterocycles. The van der Waals surface area contributed by atoms with Gasteiger partial charge in [-0.15, -0.1) is 10.2 Å². The number of pyridine rings is 1. The van der Waals surface area contributed by atoms with Crippen molar-refractivity contribution in [2.45, 2.75) is 13.5 Å². The summed E-state index contributed by atoms with van der Waals surface area (Å²) >= 11 is 5.82. The van der Waals surface area contributed by atoms with Crippen molar-refractivity contribution in [1.82, 2.24) is 19.7 Å². The Hall–Kier alpha value is -2.34. The van der Waals surface area contributed by atoms with Crippen molar-refractivity contribution in [2.75, 3.05) is 11.9 Å². The van der Waals surface area contributed by atoms with Crippen LogP contribution in [-0.4, -0.2) is 26.8 Å². The van der Waals surface area contributed by atoms with Gasteiger partial charge >= 0.3 is 0 Å². The fraction of sp³-hybridized carbons (Fsp3) is 0.267. The highest BCUT2D eigenvalue weighted by Gasteiger charge is 2.15. The molecule has 7 heteroatoms. The van der Waals surface area contributed by atoms with Gasteiger partial charge in [0.1, 0.15) is 10.9 Å². The van der Waals surface area contributed by atoms with Gasteiger partial charge in [-0.05, 0) is 25.1 Å². The Morgan fingerprint density at radius 2 is 2.09 bits per heavy atom. The summed E-state index contributed by atoms with van der Waals surface area (Å²) in [5.41, 5.74) is 2.00. The van der Waals surface area contributed by atoms with Crippen molar-refractivity contribution >= 4 is 17.5 Å². The molecule has 0 aliphatic carbocycles. The summed E-state index contributed by atoms with van der Waals surface area (Å²) < 4.78 is 7.26. The maximum absolute atomic E-state index is 5.82. The molecule has 0 aliphatic rings. The van der Waals surface area contributed by atoms with Gasteiger partial charge in [0.05, 0.1) is 6.26 Å². The molecular formula is C15H16ClN5O. The van der Waals surface area contributed by atoms with Crippen LogP contribution in [0.1, 0.15) is 11.3 Å². The Labute approximate surface area is 133 Å². The third-order valence-electron chi connectivity index (χ3n) is 3.55. The molecule has 0 aliphatic heterocycles. The summed E-state index contributed by atoms with van der Waals surface area (Å²) in [6.07, 6.45) is 3.39. The molecule has 0 unspecified atom stereocenters. The van der Waals surface area contributed by atoms with Crippen molar-refractivity contribution in [1.29, 1.82) is 0 Å². The number of aromatic nitrogens is 4. The molecule has 0 radical (unpaired) electrons. The lowest BCUT2D eigenvalue weighted by Gasteiger charge is -2.17. The summed E-state index contributed by atoms with van der Waals surface area (Å²) in [5.74, 6) is 2.43. The van der Waals surface area contributed by atoms with Crippen molar-refractivity contribution in [3.63, 3.8) is 0 Å². The number of furan rings is 1. The van der Waals surface area contributed by atoms with E-state index in [9.17, 15) is 0 Å². The molecule has 22 heavy (non-hydrogen) atoms. The standard InChI is InChI=1S/C15H16ClN5O/c1-10-12(6-7-22-10)9-20(2)15-19-18-14(21(15)3)11-4-5-13(16)17-8-11/h4-8H,9H2,1-3H3. The highest BCUT2D eigenvalue weighted by molar-refractivity contribution is 6.29. The minimum atomic E-state index is 0.457. The van der Waals surface area contributed by atoms with Crippen LogP contribution in [0.4, 0.5) is 5.95 Å². The molecule has 0 fully saturated rings. The maximum Gasteiger partial charge on any atom is 0.227 e. The Balaban J connectivity index is 1.86. The van der Waals surface area contributed by atoms with Gasteiger partial charge in [0.25, 0.3) is 0 Å². The fourth-order valence-corrected chi connectivity index (χ4v) is 2.43. The molecule has 3 heterocycles. The second kappa shape index (κ2) is 5.81. The Morgan fingerprint density at radius 1 is 1.27 bits per heavy atom. The van der Waals surface area contributed by atoms with Crippen molar-refractivity contribution in [2.24, 2.45) is 7.05 Å². The fourth-order valence-electron chi connectivity index (χ4n) is 2.31. The van der Waals surface area contributed by atoms with Crippen LogP contribution in [0.2, 0.25) is 5.15 Å². The molecule has 3 aromatic rings. The first kappa shape index (κ1) is 14.6. The van der Waals surface area contributed by atoms with Gasteiger partial charge in [0, 0.05) is 38.0 Å². The summed E-state index contributed by atoms with van der Waals surface area (Å²) in [7, 11) is 3.90. The zero-order valence-corrected chi connectivity index (χ0v) is 13.4. The molecule has 0 atom stereocenters. The molecule has 3 rings (SSSR count). The Kier molecular flexibility index (Phi) is 3.85. The molecule has 6 nitrogen and oxygen atoms in total. The first-order chi connectivity index (χ1) is 10.6. The van der Waals surface area contributed by atoms with Gasteiger partial charge in [-0.1, -0.05) is 11.6 Å². The van der Waals surface area contributed by atoms with Crippen LogP contribution in [-0.2, 0) is 13.6 Å². The molecule has 0 aromatic carbocycles. The number of aryl methyl sites for hydroxylation is 1. The summed E-state index contributed by atoms with van der Waals surface area (Å²) in [6.45, 7) is 2.65. The van der Waals surface area contributed by atoms with Crippen LogP contribution in [0.3, 0.4) is 0 Å².